The normalized spacial score (nSPS) is 21.2. The zero-order valence-corrected chi connectivity index (χ0v) is 14.0. The fraction of sp³-hybridized carbons (Fsp3) is 0.562. The first-order valence-corrected chi connectivity index (χ1v) is 8.62. The first-order chi connectivity index (χ1) is 10.6. The fourth-order valence-electron chi connectivity index (χ4n) is 3.08. The second-order valence-electron chi connectivity index (χ2n) is 5.82. The summed E-state index contributed by atoms with van der Waals surface area (Å²) in [4.78, 5) is 21.9. The summed E-state index contributed by atoms with van der Waals surface area (Å²) in [6, 6.07) is 0.270. The van der Waals surface area contributed by atoms with Gasteiger partial charge < -0.3 is 10.1 Å². The quantitative estimate of drug-likeness (QED) is 0.874. The second kappa shape index (κ2) is 6.20. The van der Waals surface area contributed by atoms with E-state index >= 15 is 0 Å². The molecule has 0 spiro atoms. The Hall–Kier alpha value is -1.69. The van der Waals surface area contributed by atoms with Crippen molar-refractivity contribution < 1.29 is 9.53 Å². The zero-order chi connectivity index (χ0) is 15.7. The predicted molar refractivity (Wildman–Crippen MR) is 88.3 cm³/mol. The Labute approximate surface area is 134 Å². The summed E-state index contributed by atoms with van der Waals surface area (Å²) in [5.74, 6) is 1.62. The van der Waals surface area contributed by atoms with Gasteiger partial charge in [0.15, 0.2) is 0 Å². The summed E-state index contributed by atoms with van der Waals surface area (Å²) in [6.07, 6.45) is 2.66. The third kappa shape index (κ3) is 2.92. The number of carbonyl (C=O) groups excluding carboxylic acids is 1. The number of rotatable bonds is 4. The summed E-state index contributed by atoms with van der Waals surface area (Å²) in [6.45, 7) is 6.30. The molecule has 0 bridgehead atoms. The molecule has 6 heteroatoms. The van der Waals surface area contributed by atoms with Crippen LogP contribution in [0.3, 0.4) is 0 Å². The number of thiophene rings is 1. The Bertz CT molecular complexity index is 698. The molecule has 0 amide bonds. The summed E-state index contributed by atoms with van der Waals surface area (Å²) in [7, 11) is 0. The molecule has 0 aromatic carbocycles. The Morgan fingerprint density at radius 1 is 1.41 bits per heavy atom. The predicted octanol–water partition coefficient (Wildman–Crippen LogP) is 3.45. The van der Waals surface area contributed by atoms with Crippen molar-refractivity contribution in [1.29, 1.82) is 0 Å². The number of ether oxygens (including phenoxy) is 1. The van der Waals surface area contributed by atoms with Crippen molar-refractivity contribution in [3.8, 4) is 0 Å². The summed E-state index contributed by atoms with van der Waals surface area (Å²) < 4.78 is 5.13. The van der Waals surface area contributed by atoms with Crippen LogP contribution < -0.4 is 5.32 Å². The Balaban J connectivity index is 1.77. The third-order valence-corrected chi connectivity index (χ3v) is 5.11. The van der Waals surface area contributed by atoms with Crippen molar-refractivity contribution in [2.75, 3.05) is 11.9 Å². The average molecular weight is 319 g/mol. The number of nitrogens with zero attached hydrogens (tertiary/aromatic N) is 2. The highest BCUT2D eigenvalue weighted by Crippen LogP contribution is 2.33. The van der Waals surface area contributed by atoms with Crippen molar-refractivity contribution >= 4 is 33.3 Å². The molecular formula is C16H21N3O2S. The lowest BCUT2D eigenvalue weighted by molar-refractivity contribution is -0.147. The van der Waals surface area contributed by atoms with Crippen LogP contribution in [0, 0.1) is 19.8 Å². The summed E-state index contributed by atoms with van der Waals surface area (Å²) in [5, 5.41) is 6.74. The number of hydrogen-bond donors (Lipinski definition) is 1. The van der Waals surface area contributed by atoms with Gasteiger partial charge in [-0.05, 0) is 51.0 Å². The van der Waals surface area contributed by atoms with Gasteiger partial charge in [0.25, 0.3) is 0 Å². The van der Waals surface area contributed by atoms with Crippen LogP contribution in [0.15, 0.2) is 5.38 Å². The van der Waals surface area contributed by atoms with Crippen LogP contribution in [0.1, 0.15) is 37.6 Å². The molecule has 2 atom stereocenters. The van der Waals surface area contributed by atoms with Gasteiger partial charge in [0.1, 0.15) is 16.5 Å². The molecule has 2 unspecified atom stereocenters. The van der Waals surface area contributed by atoms with Gasteiger partial charge in [0.05, 0.1) is 17.9 Å². The monoisotopic (exact) mass is 319 g/mol. The third-order valence-electron chi connectivity index (χ3n) is 4.12. The highest BCUT2D eigenvalue weighted by molar-refractivity contribution is 7.17. The molecule has 118 valence electrons. The van der Waals surface area contributed by atoms with Gasteiger partial charge in [-0.3, -0.25) is 4.79 Å². The molecule has 2 aromatic rings. The smallest absolute Gasteiger partial charge is 0.308 e. The van der Waals surface area contributed by atoms with Gasteiger partial charge in [-0.25, -0.2) is 9.97 Å². The second-order valence-corrected chi connectivity index (χ2v) is 6.68. The molecule has 1 aliphatic carbocycles. The van der Waals surface area contributed by atoms with E-state index in [1.54, 1.807) is 11.3 Å². The zero-order valence-electron chi connectivity index (χ0n) is 13.2. The maximum atomic E-state index is 11.8. The molecule has 0 saturated heterocycles. The Kier molecular flexibility index (Phi) is 4.29. The number of nitrogens with one attached hydrogen (secondary N) is 1. The molecule has 3 rings (SSSR count). The SMILES string of the molecule is CCOC(=O)C1CCC(Nc2nc(C)nc3scc(C)c23)C1. The standard InChI is InChI=1S/C16H21N3O2S/c1-4-21-16(20)11-5-6-12(7-11)19-14-13-9(2)8-22-15(13)18-10(3)17-14/h8,11-12H,4-7H2,1-3H3,(H,17,18,19). The number of aromatic nitrogens is 2. The molecule has 0 radical (unpaired) electrons. The van der Waals surface area contributed by atoms with E-state index in [2.05, 4.69) is 27.6 Å². The van der Waals surface area contributed by atoms with E-state index in [1.165, 1.54) is 5.56 Å². The van der Waals surface area contributed by atoms with E-state index < -0.39 is 0 Å². The lowest BCUT2D eigenvalue weighted by Gasteiger charge is -2.15. The topological polar surface area (TPSA) is 64.1 Å². The van der Waals surface area contributed by atoms with Gasteiger partial charge in [0, 0.05) is 6.04 Å². The highest BCUT2D eigenvalue weighted by atomic mass is 32.1. The number of fused-ring (bicyclic) bond motifs is 1. The largest absolute Gasteiger partial charge is 0.466 e. The Morgan fingerprint density at radius 2 is 2.23 bits per heavy atom. The Morgan fingerprint density at radius 3 is 3.00 bits per heavy atom. The van der Waals surface area contributed by atoms with E-state index in [9.17, 15) is 4.79 Å². The van der Waals surface area contributed by atoms with Gasteiger partial charge in [-0.2, -0.15) is 0 Å². The number of anilines is 1. The molecule has 2 heterocycles. The molecular weight excluding hydrogens is 298 g/mol. The molecule has 22 heavy (non-hydrogen) atoms. The van der Waals surface area contributed by atoms with Crippen molar-refractivity contribution in [2.45, 2.75) is 46.1 Å². The van der Waals surface area contributed by atoms with E-state index in [1.807, 2.05) is 13.8 Å². The average Bonchev–Trinajstić information content (AvgIpc) is 3.06. The van der Waals surface area contributed by atoms with E-state index in [-0.39, 0.29) is 17.9 Å². The molecule has 1 aliphatic rings. The van der Waals surface area contributed by atoms with Crippen molar-refractivity contribution in [3.05, 3.63) is 16.8 Å². The van der Waals surface area contributed by atoms with Gasteiger partial charge >= 0.3 is 5.97 Å². The van der Waals surface area contributed by atoms with Crippen LogP contribution in [0.5, 0.6) is 0 Å². The number of hydrogen-bond acceptors (Lipinski definition) is 6. The van der Waals surface area contributed by atoms with Crippen molar-refractivity contribution in [1.82, 2.24) is 9.97 Å². The highest BCUT2D eigenvalue weighted by Gasteiger charge is 2.31. The molecule has 1 saturated carbocycles. The van der Waals surface area contributed by atoms with Crippen LogP contribution in [0.4, 0.5) is 5.82 Å². The summed E-state index contributed by atoms with van der Waals surface area (Å²) in [5.41, 5.74) is 1.20. The summed E-state index contributed by atoms with van der Waals surface area (Å²) >= 11 is 1.65. The van der Waals surface area contributed by atoms with Crippen molar-refractivity contribution in [3.63, 3.8) is 0 Å². The van der Waals surface area contributed by atoms with Crippen LogP contribution in [-0.4, -0.2) is 28.6 Å². The first-order valence-electron chi connectivity index (χ1n) is 7.74. The van der Waals surface area contributed by atoms with E-state index in [0.29, 0.717) is 6.61 Å². The lowest BCUT2D eigenvalue weighted by Crippen LogP contribution is -2.20. The first kappa shape index (κ1) is 15.2. The van der Waals surface area contributed by atoms with Gasteiger partial charge in [-0.15, -0.1) is 11.3 Å². The van der Waals surface area contributed by atoms with E-state index in [4.69, 9.17) is 4.74 Å². The van der Waals surface area contributed by atoms with E-state index in [0.717, 1.165) is 41.1 Å². The van der Waals surface area contributed by atoms with Crippen LogP contribution >= 0.6 is 11.3 Å². The minimum absolute atomic E-state index is 0.0134. The van der Waals surface area contributed by atoms with Crippen LogP contribution in [0.25, 0.3) is 10.2 Å². The fourth-order valence-corrected chi connectivity index (χ4v) is 4.04. The lowest BCUT2D eigenvalue weighted by atomic mass is 10.1. The van der Waals surface area contributed by atoms with Crippen molar-refractivity contribution in [2.24, 2.45) is 5.92 Å². The van der Waals surface area contributed by atoms with Gasteiger partial charge in [-0.1, -0.05) is 0 Å². The maximum absolute atomic E-state index is 11.8. The number of carbonyl (C=O) groups is 1. The molecule has 1 N–H and O–H groups in total. The minimum Gasteiger partial charge on any atom is -0.466 e. The number of aryl methyl sites for hydroxylation is 2. The molecule has 0 aliphatic heterocycles. The number of esters is 1. The maximum Gasteiger partial charge on any atom is 0.308 e. The molecule has 2 aromatic heterocycles. The van der Waals surface area contributed by atoms with Crippen LogP contribution in [-0.2, 0) is 9.53 Å². The minimum atomic E-state index is -0.0671. The molecule has 1 fully saturated rings. The van der Waals surface area contributed by atoms with Gasteiger partial charge in [0.2, 0.25) is 0 Å². The van der Waals surface area contributed by atoms with Crippen LogP contribution in [0.2, 0.25) is 0 Å². The molecule has 5 nitrogen and oxygen atoms in total.